The largest absolute Gasteiger partial charge is 0.486 e. The number of benzene rings is 1. The molecule has 0 fully saturated rings. The third kappa shape index (κ3) is 4.16. The van der Waals surface area contributed by atoms with Crippen LogP contribution in [0.25, 0.3) is 0 Å². The lowest BCUT2D eigenvalue weighted by atomic mass is 10.2. The quantitative estimate of drug-likeness (QED) is 0.670. The first kappa shape index (κ1) is 20.3. The monoisotopic (exact) mass is 420 g/mol. The molecule has 3 aromatic rings. The Kier molecular flexibility index (Phi) is 6.28. The highest BCUT2D eigenvalue weighted by Gasteiger charge is 2.23. The zero-order valence-electron chi connectivity index (χ0n) is 15.3. The highest BCUT2D eigenvalue weighted by Crippen LogP contribution is 2.35. The molecule has 0 unspecified atom stereocenters. The molecule has 1 aliphatic heterocycles. The van der Waals surface area contributed by atoms with Gasteiger partial charge in [-0.2, -0.15) is 0 Å². The van der Waals surface area contributed by atoms with E-state index in [0.717, 1.165) is 10.6 Å². The molecule has 1 aliphatic rings. The fraction of sp³-hybridized carbons (Fsp3) is 0.250. The minimum Gasteiger partial charge on any atom is -0.486 e. The second-order valence-electron chi connectivity index (χ2n) is 6.24. The summed E-state index contributed by atoms with van der Waals surface area (Å²) in [6.07, 6.45) is 1.45. The summed E-state index contributed by atoms with van der Waals surface area (Å²) in [5.74, 6) is 1.76. The van der Waals surface area contributed by atoms with E-state index in [4.69, 9.17) is 19.6 Å². The van der Waals surface area contributed by atoms with Crippen LogP contribution in [0.1, 0.15) is 25.9 Å². The van der Waals surface area contributed by atoms with Crippen molar-refractivity contribution in [1.82, 2.24) is 0 Å². The van der Waals surface area contributed by atoms with Crippen molar-refractivity contribution in [2.24, 2.45) is 5.73 Å². The molecule has 28 heavy (non-hydrogen) atoms. The fourth-order valence-corrected chi connectivity index (χ4v) is 3.84. The molecule has 0 saturated carbocycles. The molecule has 148 valence electrons. The summed E-state index contributed by atoms with van der Waals surface area (Å²) in [4.78, 5) is 17.2. The molecule has 6 nitrogen and oxygen atoms in total. The van der Waals surface area contributed by atoms with Crippen LogP contribution in [0.3, 0.4) is 0 Å². The first-order valence-electron chi connectivity index (χ1n) is 8.68. The van der Waals surface area contributed by atoms with E-state index in [2.05, 4.69) is 6.07 Å². The number of amides is 1. The third-order valence-electron chi connectivity index (χ3n) is 4.29. The molecule has 3 heterocycles. The van der Waals surface area contributed by atoms with Gasteiger partial charge in [0.15, 0.2) is 11.5 Å². The Labute approximate surface area is 173 Å². The van der Waals surface area contributed by atoms with Gasteiger partial charge in [0.2, 0.25) is 0 Å². The van der Waals surface area contributed by atoms with Crippen LogP contribution in [0.5, 0.6) is 11.5 Å². The van der Waals surface area contributed by atoms with Crippen molar-refractivity contribution in [3.05, 3.63) is 63.7 Å². The molecule has 0 spiro atoms. The average molecular weight is 421 g/mol. The number of hydrogen-bond acceptors (Lipinski definition) is 6. The lowest BCUT2D eigenvalue weighted by Crippen LogP contribution is -2.30. The SMILES string of the molecule is Cc1ccc(CN(C(=O)c2coc(CN)c2)c2ccc3c(c2)OCCO3)s1.Cl. The Morgan fingerprint density at radius 3 is 2.61 bits per heavy atom. The number of nitrogens with two attached hydrogens (primary N) is 1. The molecule has 1 aromatic carbocycles. The molecular formula is C20H21ClN2O4S. The molecule has 8 heteroatoms. The van der Waals surface area contributed by atoms with Gasteiger partial charge in [-0.05, 0) is 37.3 Å². The van der Waals surface area contributed by atoms with Crippen molar-refractivity contribution in [3.8, 4) is 11.5 Å². The maximum absolute atomic E-state index is 13.2. The molecule has 2 N–H and O–H groups in total. The molecule has 4 rings (SSSR count). The van der Waals surface area contributed by atoms with E-state index in [9.17, 15) is 4.79 Å². The number of carbonyl (C=O) groups excluding carboxylic acids is 1. The van der Waals surface area contributed by atoms with Crippen LogP contribution in [0.15, 0.2) is 47.1 Å². The number of halogens is 1. The minimum absolute atomic E-state index is 0. The number of ether oxygens (including phenoxy) is 2. The average Bonchev–Trinajstić information content (AvgIpc) is 3.34. The van der Waals surface area contributed by atoms with Crippen molar-refractivity contribution in [1.29, 1.82) is 0 Å². The first-order valence-corrected chi connectivity index (χ1v) is 9.50. The van der Waals surface area contributed by atoms with E-state index >= 15 is 0 Å². The number of anilines is 1. The molecule has 0 radical (unpaired) electrons. The Balaban J connectivity index is 0.00000225. The van der Waals surface area contributed by atoms with Crippen LogP contribution >= 0.6 is 23.7 Å². The highest BCUT2D eigenvalue weighted by atomic mass is 35.5. The normalized spacial score (nSPS) is 12.4. The Bertz CT molecular complexity index is 969. The Morgan fingerprint density at radius 2 is 1.93 bits per heavy atom. The van der Waals surface area contributed by atoms with Crippen LogP contribution < -0.4 is 20.1 Å². The standard InChI is InChI=1S/C20H20N2O4S.ClH/c1-13-2-4-17(27-13)11-22(20(23)14-8-16(10-21)26-12-14)15-3-5-18-19(9-15)25-7-6-24-18;/h2-5,8-9,12H,6-7,10-11,21H2,1H3;1H. The molecular weight excluding hydrogens is 400 g/mol. The predicted molar refractivity (Wildman–Crippen MR) is 111 cm³/mol. The van der Waals surface area contributed by atoms with Gasteiger partial charge < -0.3 is 24.5 Å². The van der Waals surface area contributed by atoms with E-state index in [1.807, 2.05) is 31.2 Å². The Hall–Kier alpha value is -2.48. The fourth-order valence-electron chi connectivity index (χ4n) is 2.96. The van der Waals surface area contributed by atoms with Crippen LogP contribution in [0, 0.1) is 6.92 Å². The van der Waals surface area contributed by atoms with Gasteiger partial charge in [0, 0.05) is 21.5 Å². The molecule has 1 amide bonds. The van der Waals surface area contributed by atoms with Crippen molar-refractivity contribution in [3.63, 3.8) is 0 Å². The molecule has 0 saturated heterocycles. The number of thiophene rings is 1. The van der Waals surface area contributed by atoms with Crippen molar-refractivity contribution < 1.29 is 18.7 Å². The molecule has 2 aromatic heterocycles. The second kappa shape index (κ2) is 8.68. The second-order valence-corrected chi connectivity index (χ2v) is 7.61. The lowest BCUT2D eigenvalue weighted by Gasteiger charge is -2.25. The van der Waals surface area contributed by atoms with Gasteiger partial charge in [-0.1, -0.05) is 0 Å². The van der Waals surface area contributed by atoms with Crippen LogP contribution in [0.4, 0.5) is 5.69 Å². The molecule has 0 atom stereocenters. The maximum atomic E-state index is 13.2. The summed E-state index contributed by atoms with van der Waals surface area (Å²) < 4.78 is 16.6. The maximum Gasteiger partial charge on any atom is 0.261 e. The van der Waals surface area contributed by atoms with E-state index in [1.54, 1.807) is 22.3 Å². The summed E-state index contributed by atoms with van der Waals surface area (Å²) in [7, 11) is 0. The van der Waals surface area contributed by atoms with Gasteiger partial charge in [-0.3, -0.25) is 4.79 Å². The number of carbonyl (C=O) groups is 1. The summed E-state index contributed by atoms with van der Waals surface area (Å²) in [5.41, 5.74) is 6.82. The first-order chi connectivity index (χ1) is 13.1. The summed E-state index contributed by atoms with van der Waals surface area (Å²) >= 11 is 1.67. The van der Waals surface area contributed by atoms with Gasteiger partial charge in [-0.25, -0.2) is 0 Å². The zero-order chi connectivity index (χ0) is 18.8. The highest BCUT2D eigenvalue weighted by molar-refractivity contribution is 7.11. The van der Waals surface area contributed by atoms with E-state index in [1.165, 1.54) is 11.1 Å². The van der Waals surface area contributed by atoms with Gasteiger partial charge in [0.25, 0.3) is 5.91 Å². The third-order valence-corrected chi connectivity index (χ3v) is 5.28. The number of nitrogens with zero attached hydrogens (tertiary/aromatic N) is 1. The zero-order valence-corrected chi connectivity index (χ0v) is 17.0. The lowest BCUT2D eigenvalue weighted by molar-refractivity contribution is 0.0984. The smallest absolute Gasteiger partial charge is 0.261 e. The van der Waals surface area contributed by atoms with Crippen molar-refractivity contribution >= 4 is 35.3 Å². The summed E-state index contributed by atoms with van der Waals surface area (Å²) in [6.45, 7) is 3.78. The number of hydrogen-bond donors (Lipinski definition) is 1. The number of fused-ring (bicyclic) bond motifs is 1. The number of aryl methyl sites for hydroxylation is 1. The topological polar surface area (TPSA) is 77.9 Å². The van der Waals surface area contributed by atoms with Crippen LogP contribution in [0.2, 0.25) is 0 Å². The van der Waals surface area contributed by atoms with Gasteiger partial charge in [0.05, 0.1) is 18.7 Å². The minimum atomic E-state index is -0.152. The van der Waals surface area contributed by atoms with Crippen LogP contribution in [-0.4, -0.2) is 19.1 Å². The van der Waals surface area contributed by atoms with E-state index in [-0.39, 0.29) is 24.9 Å². The Morgan fingerprint density at radius 1 is 1.14 bits per heavy atom. The van der Waals surface area contributed by atoms with E-state index < -0.39 is 0 Å². The number of rotatable bonds is 5. The van der Waals surface area contributed by atoms with Crippen molar-refractivity contribution in [2.45, 2.75) is 20.0 Å². The summed E-state index contributed by atoms with van der Waals surface area (Å²) in [6, 6.07) is 11.3. The van der Waals surface area contributed by atoms with Gasteiger partial charge in [-0.15, -0.1) is 23.7 Å². The van der Waals surface area contributed by atoms with E-state index in [0.29, 0.717) is 42.6 Å². The van der Waals surface area contributed by atoms with Gasteiger partial charge >= 0.3 is 0 Å². The predicted octanol–water partition coefficient (Wildman–Crippen LogP) is 4.15. The van der Waals surface area contributed by atoms with Gasteiger partial charge in [0.1, 0.15) is 25.2 Å². The van der Waals surface area contributed by atoms with Crippen LogP contribution in [-0.2, 0) is 13.1 Å². The molecule has 0 aliphatic carbocycles. The number of furan rings is 1. The van der Waals surface area contributed by atoms with Crippen molar-refractivity contribution in [2.75, 3.05) is 18.1 Å². The summed E-state index contributed by atoms with van der Waals surface area (Å²) in [5, 5.41) is 0. The molecule has 0 bridgehead atoms.